The number of alkyl halides is 3. The van der Waals surface area contributed by atoms with Crippen LogP contribution in [0.1, 0.15) is 47.2 Å². The van der Waals surface area contributed by atoms with Crippen molar-refractivity contribution < 1.29 is 26.4 Å². The number of nitrogens with zero attached hydrogens (tertiary/aromatic N) is 1. The molecule has 2 aromatic rings. The molecule has 162 valence electrons. The minimum atomic E-state index is -4.64. The summed E-state index contributed by atoms with van der Waals surface area (Å²) in [6, 6.07) is 7.26. The van der Waals surface area contributed by atoms with Gasteiger partial charge in [0.1, 0.15) is 0 Å². The summed E-state index contributed by atoms with van der Waals surface area (Å²) >= 11 is 0. The molecule has 1 aliphatic rings. The highest BCUT2D eigenvalue weighted by molar-refractivity contribution is 7.91. The third-order valence-corrected chi connectivity index (χ3v) is 7.24. The minimum Gasteiger partial charge on any atom is -0.349 e. The zero-order chi connectivity index (χ0) is 21.9. The van der Waals surface area contributed by atoms with Crippen LogP contribution in [0, 0.1) is 12.8 Å². The number of rotatable bonds is 5. The maximum Gasteiger partial charge on any atom is 0.417 e. The van der Waals surface area contributed by atoms with Gasteiger partial charge in [-0.2, -0.15) is 13.2 Å². The van der Waals surface area contributed by atoms with Crippen molar-refractivity contribution in [3.05, 3.63) is 59.4 Å². The molecule has 1 amide bonds. The molecule has 0 saturated heterocycles. The van der Waals surface area contributed by atoms with E-state index < -0.39 is 33.0 Å². The van der Waals surface area contributed by atoms with Gasteiger partial charge in [-0.25, -0.2) is 8.42 Å². The molecule has 1 heterocycles. The number of benzene rings is 1. The second kappa shape index (κ2) is 8.75. The fourth-order valence-corrected chi connectivity index (χ4v) is 5.57. The lowest BCUT2D eigenvalue weighted by molar-refractivity contribution is -0.138. The van der Waals surface area contributed by atoms with Crippen LogP contribution >= 0.6 is 0 Å². The number of nitrogens with one attached hydrogen (secondary N) is 1. The van der Waals surface area contributed by atoms with Crippen LogP contribution in [-0.4, -0.2) is 31.1 Å². The Labute approximate surface area is 173 Å². The maximum atomic E-state index is 13.1. The van der Waals surface area contributed by atoms with Crippen LogP contribution in [0.2, 0.25) is 0 Å². The van der Waals surface area contributed by atoms with Crippen molar-refractivity contribution >= 4 is 15.7 Å². The van der Waals surface area contributed by atoms with Crippen molar-refractivity contribution in [3.63, 3.8) is 0 Å². The van der Waals surface area contributed by atoms with E-state index >= 15 is 0 Å². The quantitative estimate of drug-likeness (QED) is 0.757. The zero-order valence-electron chi connectivity index (χ0n) is 16.4. The number of amides is 1. The number of sulfone groups is 1. The summed E-state index contributed by atoms with van der Waals surface area (Å²) in [5, 5.41) is 2.64. The van der Waals surface area contributed by atoms with Gasteiger partial charge in [-0.05, 0) is 62.3 Å². The molecule has 1 fully saturated rings. The van der Waals surface area contributed by atoms with Crippen LogP contribution in [0.4, 0.5) is 13.2 Å². The molecule has 0 atom stereocenters. The summed E-state index contributed by atoms with van der Waals surface area (Å²) < 4.78 is 64.6. The van der Waals surface area contributed by atoms with Crippen molar-refractivity contribution in [2.45, 2.75) is 49.7 Å². The molecule has 0 aliphatic heterocycles. The SMILES string of the molecule is Cc1cccc(S(=O)(=O)C[C@H]2CC[C@H](NC(=O)c3cnccc3C(F)(F)F)CC2)c1. The van der Waals surface area contributed by atoms with E-state index in [1.165, 1.54) is 0 Å². The Morgan fingerprint density at radius 1 is 1.17 bits per heavy atom. The van der Waals surface area contributed by atoms with Crippen LogP contribution in [0.5, 0.6) is 0 Å². The van der Waals surface area contributed by atoms with E-state index in [4.69, 9.17) is 0 Å². The van der Waals surface area contributed by atoms with E-state index in [2.05, 4.69) is 10.3 Å². The number of carbonyl (C=O) groups excluding carboxylic acids is 1. The van der Waals surface area contributed by atoms with Gasteiger partial charge >= 0.3 is 6.18 Å². The van der Waals surface area contributed by atoms with Crippen molar-refractivity contribution in [3.8, 4) is 0 Å². The molecule has 1 aromatic carbocycles. The summed E-state index contributed by atoms with van der Waals surface area (Å²) in [6.07, 6.45) is -0.540. The summed E-state index contributed by atoms with van der Waals surface area (Å²) in [6.45, 7) is 1.83. The zero-order valence-corrected chi connectivity index (χ0v) is 17.3. The molecule has 0 bridgehead atoms. The van der Waals surface area contributed by atoms with Crippen LogP contribution in [0.15, 0.2) is 47.6 Å². The van der Waals surface area contributed by atoms with Gasteiger partial charge in [0, 0.05) is 18.4 Å². The molecular formula is C21H23F3N2O3S. The van der Waals surface area contributed by atoms with E-state index in [-0.39, 0.29) is 17.7 Å². The maximum absolute atomic E-state index is 13.1. The van der Waals surface area contributed by atoms with Crippen LogP contribution in [-0.2, 0) is 16.0 Å². The van der Waals surface area contributed by atoms with Gasteiger partial charge in [-0.1, -0.05) is 12.1 Å². The average Bonchev–Trinajstić information content (AvgIpc) is 2.68. The fraction of sp³-hybridized carbons (Fsp3) is 0.429. The van der Waals surface area contributed by atoms with E-state index in [0.29, 0.717) is 30.6 Å². The molecule has 0 spiro atoms. The minimum absolute atomic E-state index is 0.0257. The highest BCUT2D eigenvalue weighted by atomic mass is 32.2. The highest BCUT2D eigenvalue weighted by Crippen LogP contribution is 2.32. The number of hydrogen-bond donors (Lipinski definition) is 1. The molecule has 9 heteroatoms. The number of aryl methyl sites for hydroxylation is 1. The molecule has 0 radical (unpaired) electrons. The Morgan fingerprint density at radius 2 is 1.87 bits per heavy atom. The number of hydrogen-bond acceptors (Lipinski definition) is 4. The molecule has 30 heavy (non-hydrogen) atoms. The second-order valence-electron chi connectivity index (χ2n) is 7.71. The Kier molecular flexibility index (Phi) is 6.50. The molecule has 1 aromatic heterocycles. The van der Waals surface area contributed by atoms with Gasteiger partial charge in [-0.15, -0.1) is 0 Å². The molecular weight excluding hydrogens is 417 g/mol. The highest BCUT2D eigenvalue weighted by Gasteiger charge is 2.36. The predicted octanol–water partition coefficient (Wildman–Crippen LogP) is 4.17. The number of carbonyl (C=O) groups is 1. The van der Waals surface area contributed by atoms with Gasteiger partial charge in [0.25, 0.3) is 5.91 Å². The van der Waals surface area contributed by atoms with E-state index in [1.54, 1.807) is 18.2 Å². The smallest absolute Gasteiger partial charge is 0.349 e. The molecule has 0 unspecified atom stereocenters. The van der Waals surface area contributed by atoms with Crippen molar-refractivity contribution in [1.29, 1.82) is 0 Å². The first kappa shape index (κ1) is 22.3. The number of pyridine rings is 1. The van der Waals surface area contributed by atoms with Gasteiger partial charge in [-0.3, -0.25) is 9.78 Å². The van der Waals surface area contributed by atoms with Gasteiger partial charge < -0.3 is 5.32 Å². The summed E-state index contributed by atoms with van der Waals surface area (Å²) in [5.41, 5.74) is -0.654. The first-order valence-corrected chi connectivity index (χ1v) is 11.3. The van der Waals surface area contributed by atoms with Crippen LogP contribution in [0.3, 0.4) is 0 Å². The Morgan fingerprint density at radius 3 is 2.50 bits per heavy atom. The lowest BCUT2D eigenvalue weighted by Crippen LogP contribution is -2.39. The predicted molar refractivity (Wildman–Crippen MR) is 106 cm³/mol. The third-order valence-electron chi connectivity index (χ3n) is 5.36. The Hall–Kier alpha value is -2.42. The number of halogens is 3. The first-order valence-electron chi connectivity index (χ1n) is 9.68. The summed E-state index contributed by atoms with van der Waals surface area (Å²) in [7, 11) is -3.41. The van der Waals surface area contributed by atoms with Gasteiger partial charge in [0.15, 0.2) is 9.84 Å². The molecule has 1 saturated carbocycles. The van der Waals surface area contributed by atoms with E-state index in [9.17, 15) is 26.4 Å². The normalized spacial score (nSPS) is 20.0. The van der Waals surface area contributed by atoms with Crippen molar-refractivity contribution in [1.82, 2.24) is 10.3 Å². The molecule has 1 N–H and O–H groups in total. The lowest BCUT2D eigenvalue weighted by atomic mass is 9.87. The molecule has 5 nitrogen and oxygen atoms in total. The van der Waals surface area contributed by atoms with E-state index in [1.807, 2.05) is 13.0 Å². The second-order valence-corrected chi connectivity index (χ2v) is 9.74. The Bertz CT molecular complexity index is 1010. The first-order chi connectivity index (χ1) is 14.1. The topological polar surface area (TPSA) is 76.1 Å². The average molecular weight is 440 g/mol. The third kappa shape index (κ3) is 5.38. The van der Waals surface area contributed by atoms with Gasteiger partial charge in [0.05, 0.1) is 21.8 Å². The van der Waals surface area contributed by atoms with Crippen LogP contribution < -0.4 is 5.32 Å². The molecule has 1 aliphatic carbocycles. The largest absolute Gasteiger partial charge is 0.417 e. The van der Waals surface area contributed by atoms with Gasteiger partial charge in [0.2, 0.25) is 0 Å². The monoisotopic (exact) mass is 440 g/mol. The van der Waals surface area contributed by atoms with Crippen molar-refractivity contribution in [2.24, 2.45) is 5.92 Å². The van der Waals surface area contributed by atoms with E-state index in [0.717, 1.165) is 24.0 Å². The fourth-order valence-electron chi connectivity index (χ4n) is 3.77. The van der Waals surface area contributed by atoms with Crippen molar-refractivity contribution in [2.75, 3.05) is 5.75 Å². The Balaban J connectivity index is 1.58. The lowest BCUT2D eigenvalue weighted by Gasteiger charge is -2.29. The molecule has 3 rings (SSSR count). The standard InChI is InChI=1S/C21H23F3N2O3S/c1-14-3-2-4-17(11-14)30(28,29)13-15-5-7-16(8-6-15)26-20(27)18-12-25-10-9-19(18)21(22,23)24/h2-4,9-12,15-16H,5-8,13H2,1H3,(H,26,27)/t15-,16-. The summed E-state index contributed by atoms with van der Waals surface area (Å²) in [4.78, 5) is 16.3. The number of aromatic nitrogens is 1. The van der Waals surface area contributed by atoms with Crippen LogP contribution in [0.25, 0.3) is 0 Å². The summed E-state index contributed by atoms with van der Waals surface area (Å²) in [5.74, 6) is -0.836.